The third-order valence-corrected chi connectivity index (χ3v) is 1.96. The molecule has 1 aliphatic heterocycles. The van der Waals surface area contributed by atoms with Gasteiger partial charge in [-0.05, 0) is 12.3 Å². The highest BCUT2D eigenvalue weighted by Crippen LogP contribution is 2.12. The topological polar surface area (TPSA) is 70.4 Å². The number of nitrogens with two attached hydrogens (primary N) is 1. The van der Waals surface area contributed by atoms with Crippen molar-refractivity contribution in [2.75, 3.05) is 6.67 Å². The van der Waals surface area contributed by atoms with E-state index in [0.29, 0.717) is 12.6 Å². The molecule has 1 saturated heterocycles. The monoisotopic (exact) mass is 172 g/mol. The number of carbonyl (C=O) groups excluding carboxylic acids is 1. The standard InChI is InChI=1S/C7H16N4O/c1-5(2)3-6-7(12)9-4-11(6)10-8/h5-6,10H,3-4,8H2,1-2H3,(H,9,12). The van der Waals surface area contributed by atoms with E-state index in [1.54, 1.807) is 5.01 Å². The van der Waals surface area contributed by atoms with Crippen molar-refractivity contribution >= 4 is 5.91 Å². The first-order valence-corrected chi connectivity index (χ1v) is 4.15. The van der Waals surface area contributed by atoms with Gasteiger partial charge in [-0.25, -0.2) is 0 Å². The van der Waals surface area contributed by atoms with Crippen molar-refractivity contribution in [1.82, 2.24) is 15.9 Å². The normalized spacial score (nSPS) is 25.0. The minimum atomic E-state index is -0.116. The highest BCUT2D eigenvalue weighted by atomic mass is 16.2. The maximum atomic E-state index is 11.2. The molecule has 5 heteroatoms. The van der Waals surface area contributed by atoms with Gasteiger partial charge in [-0.3, -0.25) is 10.6 Å². The highest BCUT2D eigenvalue weighted by Gasteiger charge is 2.31. The molecule has 1 aliphatic rings. The maximum Gasteiger partial charge on any atom is 0.239 e. The molecule has 1 heterocycles. The van der Waals surface area contributed by atoms with Gasteiger partial charge in [0.15, 0.2) is 0 Å². The van der Waals surface area contributed by atoms with Crippen LogP contribution in [0, 0.1) is 5.92 Å². The van der Waals surface area contributed by atoms with Gasteiger partial charge >= 0.3 is 0 Å². The first-order valence-electron chi connectivity index (χ1n) is 4.15. The third kappa shape index (κ3) is 1.94. The van der Waals surface area contributed by atoms with Crippen LogP contribution in [0.1, 0.15) is 20.3 Å². The zero-order valence-electron chi connectivity index (χ0n) is 7.50. The Morgan fingerprint density at radius 2 is 2.50 bits per heavy atom. The summed E-state index contributed by atoms with van der Waals surface area (Å²) in [6.07, 6.45) is 0.829. The summed E-state index contributed by atoms with van der Waals surface area (Å²) in [6, 6.07) is -0.116. The van der Waals surface area contributed by atoms with Gasteiger partial charge in [-0.1, -0.05) is 13.8 Å². The molecule has 0 aliphatic carbocycles. The predicted molar refractivity (Wildman–Crippen MR) is 45.4 cm³/mol. The van der Waals surface area contributed by atoms with Gasteiger partial charge in [-0.15, -0.1) is 0 Å². The number of amides is 1. The molecule has 4 N–H and O–H groups in total. The van der Waals surface area contributed by atoms with Crippen LogP contribution in [0.4, 0.5) is 0 Å². The van der Waals surface area contributed by atoms with Crippen molar-refractivity contribution in [3.8, 4) is 0 Å². The summed E-state index contributed by atoms with van der Waals surface area (Å²) in [6.45, 7) is 4.66. The number of hydrazine groups is 2. The Bertz CT molecular complexity index is 171. The molecule has 5 nitrogen and oxygen atoms in total. The molecule has 1 unspecified atom stereocenters. The molecule has 0 aromatic heterocycles. The Hall–Kier alpha value is -0.650. The quantitative estimate of drug-likeness (QED) is 0.384. The molecule has 0 spiro atoms. The second-order valence-corrected chi connectivity index (χ2v) is 3.44. The van der Waals surface area contributed by atoms with Gasteiger partial charge in [0, 0.05) is 0 Å². The number of rotatable bonds is 3. The first kappa shape index (κ1) is 9.44. The molecule has 1 amide bonds. The fraction of sp³-hybridized carbons (Fsp3) is 0.857. The lowest BCUT2D eigenvalue weighted by Gasteiger charge is -2.20. The highest BCUT2D eigenvalue weighted by molar-refractivity contribution is 5.83. The van der Waals surface area contributed by atoms with Crippen LogP contribution in [0.3, 0.4) is 0 Å². The van der Waals surface area contributed by atoms with Crippen LogP contribution in [-0.4, -0.2) is 23.6 Å². The zero-order valence-corrected chi connectivity index (χ0v) is 7.50. The summed E-state index contributed by atoms with van der Waals surface area (Å²) in [5.74, 6) is 5.80. The molecule has 1 atom stereocenters. The van der Waals surface area contributed by atoms with Gasteiger partial charge in [0.2, 0.25) is 5.91 Å². The Labute approximate surface area is 72.2 Å². The van der Waals surface area contributed by atoms with Crippen LogP contribution in [0.2, 0.25) is 0 Å². The van der Waals surface area contributed by atoms with Crippen molar-refractivity contribution < 1.29 is 4.79 Å². The second kappa shape index (κ2) is 3.84. The van der Waals surface area contributed by atoms with Crippen LogP contribution in [0.15, 0.2) is 0 Å². The van der Waals surface area contributed by atoms with Crippen LogP contribution >= 0.6 is 0 Å². The van der Waals surface area contributed by atoms with Gasteiger partial charge in [-0.2, -0.15) is 10.5 Å². The van der Waals surface area contributed by atoms with Crippen molar-refractivity contribution in [3.05, 3.63) is 0 Å². The number of hydrogen-bond donors (Lipinski definition) is 3. The number of carbonyl (C=O) groups is 1. The van der Waals surface area contributed by atoms with Gasteiger partial charge in [0.05, 0.1) is 6.67 Å². The average Bonchev–Trinajstić information content (AvgIpc) is 2.32. The molecule has 1 fully saturated rings. The lowest BCUT2D eigenvalue weighted by molar-refractivity contribution is -0.122. The Balaban J connectivity index is 2.52. The lowest BCUT2D eigenvalue weighted by Crippen LogP contribution is -2.47. The third-order valence-electron chi connectivity index (χ3n) is 1.96. The largest absolute Gasteiger partial charge is 0.341 e. The smallest absolute Gasteiger partial charge is 0.239 e. The van der Waals surface area contributed by atoms with Crippen LogP contribution in [0.5, 0.6) is 0 Å². The molecule has 0 saturated carbocycles. The van der Waals surface area contributed by atoms with Crippen LogP contribution in [-0.2, 0) is 4.79 Å². The summed E-state index contributed by atoms with van der Waals surface area (Å²) in [4.78, 5) is 11.2. The van der Waals surface area contributed by atoms with E-state index in [-0.39, 0.29) is 11.9 Å². The van der Waals surface area contributed by atoms with E-state index in [4.69, 9.17) is 5.84 Å². The first-order chi connectivity index (χ1) is 5.65. The molecule has 70 valence electrons. The van der Waals surface area contributed by atoms with Crippen molar-refractivity contribution in [2.45, 2.75) is 26.3 Å². The zero-order chi connectivity index (χ0) is 9.14. The number of nitrogens with zero attached hydrogens (tertiary/aromatic N) is 1. The van der Waals surface area contributed by atoms with E-state index in [1.807, 2.05) is 0 Å². The Morgan fingerprint density at radius 3 is 3.00 bits per heavy atom. The molecular formula is C7H16N4O. The summed E-state index contributed by atoms with van der Waals surface area (Å²) >= 11 is 0. The predicted octanol–water partition coefficient (Wildman–Crippen LogP) is -0.831. The van der Waals surface area contributed by atoms with Crippen LogP contribution in [0.25, 0.3) is 0 Å². The number of nitrogens with one attached hydrogen (secondary N) is 2. The van der Waals surface area contributed by atoms with Gasteiger partial charge in [0.25, 0.3) is 0 Å². The SMILES string of the molecule is CC(C)CC1C(=O)NCN1NN. The Kier molecular flexibility index (Phi) is 3.02. The second-order valence-electron chi connectivity index (χ2n) is 3.44. The van der Waals surface area contributed by atoms with E-state index >= 15 is 0 Å². The fourth-order valence-electron chi connectivity index (χ4n) is 1.35. The average molecular weight is 172 g/mol. The number of hydrogen-bond acceptors (Lipinski definition) is 4. The lowest BCUT2D eigenvalue weighted by atomic mass is 10.0. The molecule has 0 aromatic carbocycles. The van der Waals surface area contributed by atoms with Gasteiger partial charge in [0.1, 0.15) is 6.04 Å². The molecule has 1 rings (SSSR count). The maximum absolute atomic E-state index is 11.2. The fourth-order valence-corrected chi connectivity index (χ4v) is 1.35. The van der Waals surface area contributed by atoms with E-state index in [2.05, 4.69) is 24.7 Å². The van der Waals surface area contributed by atoms with E-state index in [9.17, 15) is 4.79 Å². The molecule has 12 heavy (non-hydrogen) atoms. The molecule has 0 bridgehead atoms. The summed E-state index contributed by atoms with van der Waals surface area (Å²) in [7, 11) is 0. The van der Waals surface area contributed by atoms with E-state index in [1.165, 1.54) is 0 Å². The van der Waals surface area contributed by atoms with Crippen LogP contribution < -0.4 is 16.7 Å². The van der Waals surface area contributed by atoms with E-state index in [0.717, 1.165) is 6.42 Å². The van der Waals surface area contributed by atoms with Gasteiger partial charge < -0.3 is 5.32 Å². The summed E-state index contributed by atoms with van der Waals surface area (Å²) in [5, 5.41) is 4.43. The van der Waals surface area contributed by atoms with Crippen molar-refractivity contribution in [2.24, 2.45) is 11.8 Å². The summed E-state index contributed by atoms with van der Waals surface area (Å²) in [5.41, 5.74) is 2.50. The summed E-state index contributed by atoms with van der Waals surface area (Å²) < 4.78 is 0. The molecule has 0 radical (unpaired) electrons. The van der Waals surface area contributed by atoms with Crippen molar-refractivity contribution in [3.63, 3.8) is 0 Å². The molecular weight excluding hydrogens is 156 g/mol. The van der Waals surface area contributed by atoms with Crippen molar-refractivity contribution in [1.29, 1.82) is 0 Å². The minimum Gasteiger partial charge on any atom is -0.341 e. The van der Waals surface area contributed by atoms with E-state index < -0.39 is 0 Å². The minimum absolute atomic E-state index is 0.0571. The Morgan fingerprint density at radius 1 is 1.83 bits per heavy atom. The molecule has 0 aromatic rings.